The van der Waals surface area contributed by atoms with Crippen molar-refractivity contribution in [1.29, 1.82) is 0 Å². The minimum Gasteiger partial charge on any atom is -0.469 e. The molecule has 1 heterocycles. The molecule has 0 saturated carbocycles. The Morgan fingerprint density at radius 1 is 1.41 bits per heavy atom. The van der Waals surface area contributed by atoms with Gasteiger partial charge in [0.1, 0.15) is 16.4 Å². The number of rotatable bonds is 4. The number of aromatic nitrogens is 1. The van der Waals surface area contributed by atoms with Crippen LogP contribution in [-0.2, 0) is 9.53 Å². The van der Waals surface area contributed by atoms with Gasteiger partial charge in [0.15, 0.2) is 0 Å². The predicted molar refractivity (Wildman–Crippen MR) is 61.9 cm³/mol. The summed E-state index contributed by atoms with van der Waals surface area (Å²) < 4.78 is 4.38. The second kappa shape index (κ2) is 6.16. The normalized spacial score (nSPS) is 14.2. The van der Waals surface area contributed by atoms with E-state index < -0.39 is 18.2 Å². The Bertz CT molecular complexity index is 393. The van der Waals surface area contributed by atoms with Crippen molar-refractivity contribution < 1.29 is 19.7 Å². The van der Waals surface area contributed by atoms with E-state index in [1.807, 2.05) is 0 Å². The first kappa shape index (κ1) is 14.2. The van der Waals surface area contributed by atoms with Gasteiger partial charge in [-0.2, -0.15) is 0 Å². The highest BCUT2D eigenvalue weighted by molar-refractivity contribution is 6.32. The molecule has 0 aromatic carbocycles. The van der Waals surface area contributed by atoms with Crippen LogP contribution < -0.4 is 0 Å². The molecule has 94 valence electrons. The molecule has 1 rings (SSSR count). The first-order valence-corrected chi connectivity index (χ1v) is 5.45. The van der Waals surface area contributed by atoms with Crippen molar-refractivity contribution >= 4 is 29.2 Å². The van der Waals surface area contributed by atoms with Crippen molar-refractivity contribution in [2.45, 2.75) is 18.6 Å². The standard InChI is InChI=1S/C10H11Cl2NO4/c1-17-9(15)4-6(14)10(16)5-2-7(11)13-8(12)3-5/h2-3,6,10,14,16H,4H2,1H3. The van der Waals surface area contributed by atoms with Gasteiger partial charge in [-0.05, 0) is 17.7 Å². The molecule has 0 aliphatic rings. The topological polar surface area (TPSA) is 79.7 Å². The molecule has 0 fully saturated rings. The molecule has 0 aliphatic carbocycles. The largest absolute Gasteiger partial charge is 0.469 e. The van der Waals surface area contributed by atoms with Gasteiger partial charge in [0.05, 0.1) is 19.6 Å². The average Bonchev–Trinajstić information content (AvgIpc) is 2.26. The minimum absolute atomic E-state index is 0.0943. The number of ether oxygens (including phenoxy) is 1. The number of carbonyl (C=O) groups is 1. The Labute approximate surface area is 108 Å². The molecule has 0 bridgehead atoms. The summed E-state index contributed by atoms with van der Waals surface area (Å²) in [6.07, 6.45) is -2.90. The van der Waals surface area contributed by atoms with Crippen LogP contribution in [0.15, 0.2) is 12.1 Å². The third kappa shape index (κ3) is 4.12. The number of esters is 1. The van der Waals surface area contributed by atoms with Gasteiger partial charge < -0.3 is 14.9 Å². The summed E-state index contributed by atoms with van der Waals surface area (Å²) in [4.78, 5) is 14.6. The van der Waals surface area contributed by atoms with E-state index in [0.29, 0.717) is 0 Å². The van der Waals surface area contributed by atoms with Gasteiger partial charge in [-0.1, -0.05) is 23.2 Å². The fourth-order valence-corrected chi connectivity index (χ4v) is 1.72. The monoisotopic (exact) mass is 279 g/mol. The smallest absolute Gasteiger partial charge is 0.308 e. The molecular formula is C10H11Cl2NO4. The molecule has 5 nitrogen and oxygen atoms in total. The van der Waals surface area contributed by atoms with E-state index in [1.54, 1.807) is 0 Å². The number of methoxy groups -OCH3 is 1. The van der Waals surface area contributed by atoms with E-state index >= 15 is 0 Å². The van der Waals surface area contributed by atoms with Gasteiger partial charge in [-0.3, -0.25) is 4.79 Å². The van der Waals surface area contributed by atoms with E-state index in [0.717, 1.165) is 0 Å². The number of halogens is 2. The third-order valence-corrected chi connectivity index (χ3v) is 2.48. The van der Waals surface area contributed by atoms with Gasteiger partial charge >= 0.3 is 5.97 Å². The maximum Gasteiger partial charge on any atom is 0.308 e. The second-order valence-electron chi connectivity index (χ2n) is 3.34. The first-order valence-electron chi connectivity index (χ1n) is 4.70. The van der Waals surface area contributed by atoms with E-state index in [2.05, 4.69) is 9.72 Å². The number of hydrogen-bond acceptors (Lipinski definition) is 5. The van der Waals surface area contributed by atoms with Crippen LogP contribution >= 0.6 is 23.2 Å². The summed E-state index contributed by atoms with van der Waals surface area (Å²) in [5.74, 6) is -0.622. The third-order valence-electron chi connectivity index (χ3n) is 2.09. The highest BCUT2D eigenvalue weighted by Crippen LogP contribution is 2.24. The van der Waals surface area contributed by atoms with E-state index in [4.69, 9.17) is 23.2 Å². The number of aliphatic hydroxyl groups excluding tert-OH is 2. The SMILES string of the molecule is COC(=O)CC(O)C(O)c1cc(Cl)nc(Cl)c1. The van der Waals surface area contributed by atoms with E-state index in [1.165, 1.54) is 19.2 Å². The van der Waals surface area contributed by atoms with Gasteiger partial charge in [-0.15, -0.1) is 0 Å². The molecule has 17 heavy (non-hydrogen) atoms. The highest BCUT2D eigenvalue weighted by Gasteiger charge is 2.22. The van der Waals surface area contributed by atoms with Crippen LogP contribution in [0, 0.1) is 0 Å². The van der Waals surface area contributed by atoms with Crippen LogP contribution in [-0.4, -0.2) is 34.4 Å². The molecule has 7 heteroatoms. The molecule has 0 amide bonds. The Balaban J connectivity index is 2.80. The first-order chi connectivity index (χ1) is 7.93. The molecule has 1 aromatic rings. The molecule has 1 aromatic heterocycles. The highest BCUT2D eigenvalue weighted by atomic mass is 35.5. The number of hydrogen-bond donors (Lipinski definition) is 2. The van der Waals surface area contributed by atoms with Crippen LogP contribution in [0.25, 0.3) is 0 Å². The van der Waals surface area contributed by atoms with Gasteiger partial charge in [0.2, 0.25) is 0 Å². The van der Waals surface area contributed by atoms with Crippen LogP contribution in [0.2, 0.25) is 10.3 Å². The number of pyridine rings is 1. The number of aliphatic hydroxyl groups is 2. The lowest BCUT2D eigenvalue weighted by molar-refractivity contribution is -0.144. The average molecular weight is 280 g/mol. The Morgan fingerprint density at radius 2 is 1.94 bits per heavy atom. The Hall–Kier alpha value is -0.880. The lowest BCUT2D eigenvalue weighted by Gasteiger charge is -2.17. The van der Waals surface area contributed by atoms with Crippen LogP contribution in [0.4, 0.5) is 0 Å². The van der Waals surface area contributed by atoms with Crippen molar-refractivity contribution in [3.63, 3.8) is 0 Å². The maximum absolute atomic E-state index is 10.9. The molecular weight excluding hydrogens is 269 g/mol. The molecule has 0 aliphatic heterocycles. The van der Waals surface area contributed by atoms with Crippen LogP contribution in [0.3, 0.4) is 0 Å². The van der Waals surface area contributed by atoms with Gasteiger partial charge in [-0.25, -0.2) is 4.98 Å². The van der Waals surface area contributed by atoms with E-state index in [9.17, 15) is 15.0 Å². The molecule has 0 saturated heterocycles. The van der Waals surface area contributed by atoms with Crippen LogP contribution in [0.1, 0.15) is 18.1 Å². The summed E-state index contributed by atoms with van der Waals surface area (Å²) in [5, 5.41) is 19.6. The van der Waals surface area contributed by atoms with Gasteiger partial charge in [0.25, 0.3) is 0 Å². The Morgan fingerprint density at radius 3 is 2.41 bits per heavy atom. The zero-order valence-corrected chi connectivity index (χ0v) is 10.4. The molecule has 2 N–H and O–H groups in total. The Kier molecular flexibility index (Phi) is 5.14. The molecule has 2 unspecified atom stereocenters. The van der Waals surface area contributed by atoms with Crippen molar-refractivity contribution in [2.24, 2.45) is 0 Å². The quantitative estimate of drug-likeness (QED) is 0.642. The van der Waals surface area contributed by atoms with Crippen molar-refractivity contribution in [2.75, 3.05) is 7.11 Å². The lowest BCUT2D eigenvalue weighted by atomic mass is 10.0. The lowest BCUT2D eigenvalue weighted by Crippen LogP contribution is -2.22. The summed E-state index contributed by atoms with van der Waals surface area (Å²) in [5.41, 5.74) is 0.284. The number of carbonyl (C=O) groups excluding carboxylic acids is 1. The maximum atomic E-state index is 10.9. The van der Waals surface area contributed by atoms with Crippen molar-refractivity contribution in [3.8, 4) is 0 Å². The van der Waals surface area contributed by atoms with Gasteiger partial charge in [0, 0.05) is 0 Å². The fraction of sp³-hybridized carbons (Fsp3) is 0.400. The predicted octanol–water partition coefficient (Wildman–Crippen LogP) is 1.35. The van der Waals surface area contributed by atoms with Crippen LogP contribution in [0.5, 0.6) is 0 Å². The molecule has 2 atom stereocenters. The van der Waals surface area contributed by atoms with E-state index in [-0.39, 0.29) is 22.3 Å². The second-order valence-corrected chi connectivity index (χ2v) is 4.11. The summed E-state index contributed by atoms with van der Waals surface area (Å²) >= 11 is 11.3. The summed E-state index contributed by atoms with van der Waals surface area (Å²) in [7, 11) is 1.20. The van der Waals surface area contributed by atoms with Crippen molar-refractivity contribution in [1.82, 2.24) is 4.98 Å². The molecule has 0 spiro atoms. The minimum atomic E-state index is -1.29. The fourth-order valence-electron chi connectivity index (χ4n) is 1.24. The summed E-state index contributed by atoms with van der Waals surface area (Å²) in [6, 6.07) is 2.72. The summed E-state index contributed by atoms with van der Waals surface area (Å²) in [6.45, 7) is 0. The number of nitrogens with zero attached hydrogens (tertiary/aromatic N) is 1. The molecule has 0 radical (unpaired) electrons. The van der Waals surface area contributed by atoms with Crippen molar-refractivity contribution in [3.05, 3.63) is 28.0 Å². The zero-order valence-electron chi connectivity index (χ0n) is 8.93. The zero-order chi connectivity index (χ0) is 13.0.